The molecule has 9 heteroatoms. The quantitative estimate of drug-likeness (QED) is 0.467. The molecule has 0 saturated carbocycles. The van der Waals surface area contributed by atoms with Crippen molar-refractivity contribution in [2.45, 2.75) is 25.7 Å². The Morgan fingerprint density at radius 3 is 2.96 bits per heavy atom. The molecule has 2 rings (SSSR count). The van der Waals surface area contributed by atoms with E-state index in [0.717, 1.165) is 19.3 Å². The Bertz CT molecular complexity index is 677. The summed E-state index contributed by atoms with van der Waals surface area (Å²) in [6.45, 7) is 0.547. The standard InChI is InChI=1S/C15H17BrN4O4/c16-12-6-5-11(8-13(12)20(23)24)9-17-18-14(21)10-19-7-3-1-2-4-15(19)22/h5-6,8-9H,1-4,7,10H2,(H,18,21)/b17-9-. The monoisotopic (exact) mass is 396 g/mol. The highest BCUT2D eigenvalue weighted by Gasteiger charge is 2.18. The number of nitro benzene ring substituents is 1. The minimum absolute atomic E-state index is 0.0184. The van der Waals surface area contributed by atoms with E-state index in [1.807, 2.05) is 0 Å². The van der Waals surface area contributed by atoms with Crippen LogP contribution >= 0.6 is 15.9 Å². The first-order valence-electron chi connectivity index (χ1n) is 7.51. The number of hydrazone groups is 1. The summed E-state index contributed by atoms with van der Waals surface area (Å²) in [5, 5.41) is 14.6. The zero-order chi connectivity index (χ0) is 17.5. The van der Waals surface area contributed by atoms with E-state index in [9.17, 15) is 19.7 Å². The molecule has 0 aliphatic carbocycles. The second-order valence-electron chi connectivity index (χ2n) is 5.39. The van der Waals surface area contributed by atoms with Crippen LogP contribution in [0.1, 0.15) is 31.2 Å². The van der Waals surface area contributed by atoms with E-state index in [1.165, 1.54) is 23.2 Å². The lowest BCUT2D eigenvalue weighted by atomic mass is 10.2. The Labute approximate surface area is 147 Å². The SMILES string of the molecule is O=C(CN1CCCCCC1=O)N/N=C\c1ccc(Br)c([N+](=O)[O-])c1. The Morgan fingerprint density at radius 1 is 1.42 bits per heavy atom. The van der Waals surface area contributed by atoms with E-state index >= 15 is 0 Å². The fraction of sp³-hybridized carbons (Fsp3) is 0.400. The number of nitro groups is 1. The predicted molar refractivity (Wildman–Crippen MR) is 91.6 cm³/mol. The van der Waals surface area contributed by atoms with Crippen molar-refractivity contribution in [1.29, 1.82) is 0 Å². The number of nitrogens with one attached hydrogen (secondary N) is 1. The lowest BCUT2D eigenvalue weighted by Crippen LogP contribution is -2.39. The summed E-state index contributed by atoms with van der Waals surface area (Å²) in [4.78, 5) is 35.6. The molecule has 1 aliphatic rings. The van der Waals surface area contributed by atoms with E-state index in [2.05, 4.69) is 26.5 Å². The number of nitrogens with zero attached hydrogens (tertiary/aromatic N) is 3. The van der Waals surface area contributed by atoms with Gasteiger partial charge >= 0.3 is 0 Å². The molecule has 1 heterocycles. The Hall–Kier alpha value is -2.29. The molecule has 1 fully saturated rings. The van der Waals surface area contributed by atoms with Crippen LogP contribution in [-0.2, 0) is 9.59 Å². The number of benzene rings is 1. The Morgan fingerprint density at radius 2 is 2.21 bits per heavy atom. The first-order valence-corrected chi connectivity index (χ1v) is 8.30. The molecular weight excluding hydrogens is 380 g/mol. The largest absolute Gasteiger partial charge is 0.333 e. The van der Waals surface area contributed by atoms with Gasteiger partial charge in [-0.2, -0.15) is 5.10 Å². The van der Waals surface area contributed by atoms with E-state index in [4.69, 9.17) is 0 Å². The van der Waals surface area contributed by atoms with Crippen molar-refractivity contribution in [1.82, 2.24) is 10.3 Å². The van der Waals surface area contributed by atoms with Gasteiger partial charge in [0.15, 0.2) is 0 Å². The molecule has 1 saturated heterocycles. The number of carbonyl (C=O) groups is 2. The van der Waals surface area contributed by atoms with Crippen molar-refractivity contribution in [3.05, 3.63) is 38.3 Å². The molecule has 128 valence electrons. The van der Waals surface area contributed by atoms with Gasteiger partial charge in [0.05, 0.1) is 15.6 Å². The van der Waals surface area contributed by atoms with Crippen LogP contribution in [0, 0.1) is 10.1 Å². The van der Waals surface area contributed by atoms with Gasteiger partial charge in [-0.1, -0.05) is 12.5 Å². The zero-order valence-corrected chi connectivity index (χ0v) is 14.5. The van der Waals surface area contributed by atoms with Crippen molar-refractivity contribution in [2.75, 3.05) is 13.1 Å². The van der Waals surface area contributed by atoms with Crippen molar-refractivity contribution >= 4 is 39.6 Å². The molecule has 1 aromatic rings. The van der Waals surface area contributed by atoms with Crippen molar-refractivity contribution in [3.63, 3.8) is 0 Å². The first kappa shape index (κ1) is 18.1. The van der Waals surface area contributed by atoms with E-state index in [0.29, 0.717) is 23.0 Å². The first-order chi connectivity index (χ1) is 11.5. The maximum absolute atomic E-state index is 11.9. The molecule has 0 radical (unpaired) electrons. The van der Waals surface area contributed by atoms with Gasteiger partial charge in [0, 0.05) is 24.6 Å². The third-order valence-electron chi connectivity index (χ3n) is 3.58. The van der Waals surface area contributed by atoms with Crippen LogP contribution in [0.5, 0.6) is 0 Å². The van der Waals surface area contributed by atoms with Crippen LogP contribution in [0.25, 0.3) is 0 Å². The Kier molecular flexibility index (Phi) is 6.42. The number of likely N-dealkylation sites (tertiary alicyclic amines) is 1. The van der Waals surface area contributed by atoms with Gasteiger partial charge in [-0.25, -0.2) is 5.43 Å². The summed E-state index contributed by atoms with van der Waals surface area (Å²) in [6, 6.07) is 4.51. The van der Waals surface area contributed by atoms with Crippen LogP contribution in [0.3, 0.4) is 0 Å². The molecule has 0 aromatic heterocycles. The summed E-state index contributed by atoms with van der Waals surface area (Å²) in [5.74, 6) is -0.414. The Balaban J connectivity index is 1.91. The smallest absolute Gasteiger partial charge is 0.284 e. The fourth-order valence-corrected chi connectivity index (χ4v) is 2.73. The zero-order valence-electron chi connectivity index (χ0n) is 12.9. The lowest BCUT2D eigenvalue weighted by molar-refractivity contribution is -0.385. The minimum atomic E-state index is -0.509. The van der Waals surface area contributed by atoms with Crippen molar-refractivity contribution < 1.29 is 14.5 Å². The van der Waals surface area contributed by atoms with E-state index < -0.39 is 10.8 Å². The summed E-state index contributed by atoms with van der Waals surface area (Å²) < 4.78 is 0.369. The molecule has 0 unspecified atom stereocenters. The average molecular weight is 397 g/mol. The van der Waals surface area contributed by atoms with Gasteiger partial charge in [0.1, 0.15) is 6.54 Å². The fourth-order valence-electron chi connectivity index (χ4n) is 2.34. The number of amides is 2. The topological polar surface area (TPSA) is 105 Å². The second kappa shape index (κ2) is 8.53. The summed E-state index contributed by atoms with van der Waals surface area (Å²) in [5.41, 5.74) is 2.74. The average Bonchev–Trinajstić information content (AvgIpc) is 2.73. The molecule has 8 nitrogen and oxygen atoms in total. The van der Waals surface area contributed by atoms with E-state index in [1.54, 1.807) is 6.07 Å². The molecular formula is C15H17BrN4O4. The maximum Gasteiger partial charge on any atom is 0.284 e. The normalized spacial score (nSPS) is 15.4. The highest BCUT2D eigenvalue weighted by atomic mass is 79.9. The van der Waals surface area contributed by atoms with Crippen molar-refractivity contribution in [3.8, 4) is 0 Å². The second-order valence-corrected chi connectivity index (χ2v) is 6.24. The molecule has 0 atom stereocenters. The third-order valence-corrected chi connectivity index (χ3v) is 4.25. The number of hydrogen-bond donors (Lipinski definition) is 1. The maximum atomic E-state index is 11.9. The number of halogens is 1. The van der Waals surface area contributed by atoms with Crippen LogP contribution in [0.2, 0.25) is 0 Å². The van der Waals surface area contributed by atoms with Crippen LogP contribution in [0.4, 0.5) is 5.69 Å². The molecule has 2 amide bonds. The summed E-state index contributed by atoms with van der Waals surface area (Å²) in [6.07, 6.45) is 4.54. The molecule has 0 bridgehead atoms. The van der Waals surface area contributed by atoms with Crippen LogP contribution < -0.4 is 5.43 Å². The van der Waals surface area contributed by atoms with Gasteiger partial charge in [0.25, 0.3) is 11.6 Å². The third kappa shape index (κ3) is 5.12. The van der Waals surface area contributed by atoms with Crippen LogP contribution in [0.15, 0.2) is 27.8 Å². The van der Waals surface area contributed by atoms with Gasteiger partial charge < -0.3 is 4.90 Å². The number of rotatable bonds is 5. The molecule has 1 aromatic carbocycles. The number of carbonyl (C=O) groups excluding carboxylic acids is 2. The predicted octanol–water partition coefficient (Wildman–Crippen LogP) is 2.21. The van der Waals surface area contributed by atoms with E-state index in [-0.39, 0.29) is 18.1 Å². The lowest BCUT2D eigenvalue weighted by Gasteiger charge is -2.18. The highest BCUT2D eigenvalue weighted by Crippen LogP contribution is 2.24. The minimum Gasteiger partial charge on any atom is -0.333 e. The molecule has 1 N–H and O–H groups in total. The summed E-state index contributed by atoms with van der Waals surface area (Å²) >= 11 is 3.10. The molecule has 24 heavy (non-hydrogen) atoms. The number of hydrogen-bond acceptors (Lipinski definition) is 5. The van der Waals surface area contributed by atoms with Crippen LogP contribution in [-0.4, -0.2) is 40.9 Å². The van der Waals surface area contributed by atoms with Gasteiger partial charge in [-0.15, -0.1) is 0 Å². The van der Waals surface area contributed by atoms with Gasteiger partial charge in [0.2, 0.25) is 5.91 Å². The molecule has 1 aliphatic heterocycles. The van der Waals surface area contributed by atoms with Gasteiger partial charge in [-0.3, -0.25) is 19.7 Å². The summed E-state index contributed by atoms with van der Waals surface area (Å²) in [7, 11) is 0. The highest BCUT2D eigenvalue weighted by molar-refractivity contribution is 9.10. The van der Waals surface area contributed by atoms with Gasteiger partial charge in [-0.05, 0) is 34.8 Å². The van der Waals surface area contributed by atoms with Crippen molar-refractivity contribution in [2.24, 2.45) is 5.10 Å². The molecule has 0 spiro atoms.